The van der Waals surface area contributed by atoms with Crippen LogP contribution in [0.5, 0.6) is 0 Å². The van der Waals surface area contributed by atoms with Crippen LogP contribution in [0, 0.1) is 5.41 Å². The molecule has 0 radical (unpaired) electrons. The Labute approximate surface area is 126 Å². The van der Waals surface area contributed by atoms with Crippen molar-refractivity contribution >= 4 is 5.91 Å². The van der Waals surface area contributed by atoms with Gasteiger partial charge < -0.3 is 10.2 Å². The van der Waals surface area contributed by atoms with Crippen molar-refractivity contribution in [1.29, 1.82) is 0 Å². The molecule has 3 aliphatic rings. The van der Waals surface area contributed by atoms with E-state index < -0.39 is 0 Å². The molecule has 0 unspecified atom stereocenters. The van der Waals surface area contributed by atoms with Gasteiger partial charge in [-0.25, -0.2) is 0 Å². The summed E-state index contributed by atoms with van der Waals surface area (Å²) in [6.45, 7) is 3.75. The van der Waals surface area contributed by atoms with Gasteiger partial charge in [0.1, 0.15) is 0 Å². The maximum absolute atomic E-state index is 12.7. The van der Waals surface area contributed by atoms with Crippen LogP contribution in [0.3, 0.4) is 0 Å². The highest BCUT2D eigenvalue weighted by atomic mass is 16.2. The van der Waals surface area contributed by atoms with Gasteiger partial charge in [0, 0.05) is 31.7 Å². The van der Waals surface area contributed by atoms with Crippen LogP contribution >= 0.6 is 0 Å². The van der Waals surface area contributed by atoms with Crippen molar-refractivity contribution in [2.24, 2.45) is 5.41 Å². The van der Waals surface area contributed by atoms with Crippen LogP contribution in [-0.2, 0) is 13.1 Å². The lowest BCUT2D eigenvalue weighted by molar-refractivity contribution is 0.0587. The number of hydrogen-bond donors (Lipinski definition) is 1. The van der Waals surface area contributed by atoms with Gasteiger partial charge in [-0.1, -0.05) is 18.9 Å². The van der Waals surface area contributed by atoms with Crippen molar-refractivity contribution in [3.8, 4) is 0 Å². The van der Waals surface area contributed by atoms with E-state index in [9.17, 15) is 4.79 Å². The van der Waals surface area contributed by atoms with Crippen LogP contribution in [0.1, 0.15) is 60.0 Å². The molecule has 2 fully saturated rings. The maximum Gasteiger partial charge on any atom is 0.253 e. The molecule has 1 aromatic rings. The largest absolute Gasteiger partial charge is 0.339 e. The summed E-state index contributed by atoms with van der Waals surface area (Å²) in [5.41, 5.74) is 4.10. The second-order valence-electron chi connectivity index (χ2n) is 7.09. The van der Waals surface area contributed by atoms with E-state index in [4.69, 9.17) is 0 Å². The zero-order valence-electron chi connectivity index (χ0n) is 12.7. The molecule has 21 heavy (non-hydrogen) atoms. The van der Waals surface area contributed by atoms with Crippen molar-refractivity contribution in [3.05, 3.63) is 34.9 Å². The minimum absolute atomic E-state index is 0.234. The molecule has 1 N–H and O–H groups in total. The molecule has 0 bridgehead atoms. The summed E-state index contributed by atoms with van der Waals surface area (Å²) in [5, 5.41) is 3.34. The molecule has 0 atom stereocenters. The summed E-state index contributed by atoms with van der Waals surface area (Å²) in [4.78, 5) is 14.8. The minimum atomic E-state index is 0.234. The van der Waals surface area contributed by atoms with E-state index in [1.807, 2.05) is 6.07 Å². The van der Waals surface area contributed by atoms with E-state index in [2.05, 4.69) is 22.3 Å². The van der Waals surface area contributed by atoms with Crippen molar-refractivity contribution < 1.29 is 4.79 Å². The average Bonchev–Trinajstić information content (AvgIpc) is 3.16. The van der Waals surface area contributed by atoms with Gasteiger partial charge in [-0.2, -0.15) is 0 Å². The van der Waals surface area contributed by atoms with E-state index in [1.54, 1.807) is 0 Å². The van der Waals surface area contributed by atoms with Gasteiger partial charge in [-0.3, -0.25) is 4.79 Å². The molecule has 0 aromatic heterocycles. The lowest BCUT2D eigenvalue weighted by atomic mass is 9.77. The Morgan fingerprint density at radius 1 is 1.00 bits per heavy atom. The molecule has 1 aliphatic carbocycles. The van der Waals surface area contributed by atoms with Crippen LogP contribution in [0.25, 0.3) is 0 Å². The van der Waals surface area contributed by atoms with E-state index in [0.29, 0.717) is 5.41 Å². The molecule has 3 nitrogen and oxygen atoms in total. The molecule has 2 heterocycles. The SMILES string of the molecule is O=C(c1ccc2c(c1)CNC2)N1CCC2(CCCC2)CC1. The molecule has 2 aliphatic heterocycles. The summed E-state index contributed by atoms with van der Waals surface area (Å²) in [6.07, 6.45) is 7.99. The number of amides is 1. The first-order valence-corrected chi connectivity index (χ1v) is 8.38. The first kappa shape index (κ1) is 13.3. The third kappa shape index (κ3) is 2.38. The fraction of sp³-hybridized carbons (Fsp3) is 0.611. The number of carbonyl (C=O) groups is 1. The smallest absolute Gasteiger partial charge is 0.253 e. The number of likely N-dealkylation sites (tertiary alicyclic amines) is 1. The summed E-state index contributed by atoms with van der Waals surface area (Å²) >= 11 is 0. The molecule has 1 amide bonds. The van der Waals surface area contributed by atoms with E-state index >= 15 is 0 Å². The molecule has 4 rings (SSSR count). The van der Waals surface area contributed by atoms with E-state index in [-0.39, 0.29) is 5.91 Å². The summed E-state index contributed by atoms with van der Waals surface area (Å²) in [7, 11) is 0. The maximum atomic E-state index is 12.7. The highest BCUT2D eigenvalue weighted by Gasteiger charge is 2.38. The Hall–Kier alpha value is -1.35. The van der Waals surface area contributed by atoms with Gasteiger partial charge in [-0.05, 0) is 54.4 Å². The minimum Gasteiger partial charge on any atom is -0.339 e. The van der Waals surface area contributed by atoms with Gasteiger partial charge in [-0.15, -0.1) is 0 Å². The lowest BCUT2D eigenvalue weighted by Gasteiger charge is -2.39. The summed E-state index contributed by atoms with van der Waals surface area (Å²) < 4.78 is 0. The predicted molar refractivity (Wildman–Crippen MR) is 83.0 cm³/mol. The van der Waals surface area contributed by atoms with Gasteiger partial charge in [0.05, 0.1) is 0 Å². The molecule has 1 spiro atoms. The Kier molecular flexibility index (Phi) is 3.26. The first-order valence-electron chi connectivity index (χ1n) is 8.38. The predicted octanol–water partition coefficient (Wildman–Crippen LogP) is 3.09. The number of hydrogen-bond acceptors (Lipinski definition) is 2. The fourth-order valence-electron chi connectivity index (χ4n) is 4.42. The van der Waals surface area contributed by atoms with Crippen LogP contribution < -0.4 is 5.32 Å². The van der Waals surface area contributed by atoms with Crippen molar-refractivity contribution in [3.63, 3.8) is 0 Å². The van der Waals surface area contributed by atoms with Crippen LogP contribution in [0.2, 0.25) is 0 Å². The molecule has 3 heteroatoms. The standard InChI is InChI=1S/C18H24N2O/c21-17(14-3-4-15-12-19-13-16(15)11-14)20-9-7-18(8-10-20)5-1-2-6-18/h3-4,11,19H,1-2,5-10,12-13H2. The molecule has 1 saturated carbocycles. The average molecular weight is 284 g/mol. The van der Waals surface area contributed by atoms with E-state index in [1.165, 1.54) is 49.7 Å². The molecule has 1 aromatic carbocycles. The Bertz CT molecular complexity index is 550. The fourth-order valence-corrected chi connectivity index (χ4v) is 4.42. The van der Waals surface area contributed by atoms with Crippen molar-refractivity contribution in [2.45, 2.75) is 51.6 Å². The Balaban J connectivity index is 1.46. The van der Waals surface area contributed by atoms with Crippen LogP contribution in [0.4, 0.5) is 0 Å². The van der Waals surface area contributed by atoms with Crippen LogP contribution in [-0.4, -0.2) is 23.9 Å². The number of carbonyl (C=O) groups excluding carboxylic acids is 1. The van der Waals surface area contributed by atoms with E-state index in [0.717, 1.165) is 31.7 Å². The number of fused-ring (bicyclic) bond motifs is 1. The number of nitrogens with zero attached hydrogens (tertiary/aromatic N) is 1. The number of benzene rings is 1. The molecular formula is C18H24N2O. The summed E-state index contributed by atoms with van der Waals surface area (Å²) in [6, 6.07) is 6.22. The highest BCUT2D eigenvalue weighted by molar-refractivity contribution is 5.94. The van der Waals surface area contributed by atoms with Gasteiger partial charge >= 0.3 is 0 Å². The highest BCUT2D eigenvalue weighted by Crippen LogP contribution is 2.46. The summed E-state index contributed by atoms with van der Waals surface area (Å²) in [5.74, 6) is 0.234. The monoisotopic (exact) mass is 284 g/mol. The molecular weight excluding hydrogens is 260 g/mol. The second-order valence-corrected chi connectivity index (χ2v) is 7.09. The van der Waals surface area contributed by atoms with Crippen LogP contribution in [0.15, 0.2) is 18.2 Å². The quantitative estimate of drug-likeness (QED) is 0.859. The normalized spacial score (nSPS) is 23.5. The van der Waals surface area contributed by atoms with Crippen molar-refractivity contribution in [2.75, 3.05) is 13.1 Å². The van der Waals surface area contributed by atoms with Gasteiger partial charge in [0.15, 0.2) is 0 Å². The lowest BCUT2D eigenvalue weighted by Crippen LogP contribution is -2.42. The first-order chi connectivity index (χ1) is 10.3. The van der Waals surface area contributed by atoms with Gasteiger partial charge in [0.25, 0.3) is 5.91 Å². The zero-order chi connectivity index (χ0) is 14.3. The number of nitrogens with one attached hydrogen (secondary N) is 1. The second kappa shape index (κ2) is 5.13. The Morgan fingerprint density at radius 2 is 1.71 bits per heavy atom. The Morgan fingerprint density at radius 3 is 2.48 bits per heavy atom. The topological polar surface area (TPSA) is 32.3 Å². The number of rotatable bonds is 1. The number of piperidine rings is 1. The third-order valence-electron chi connectivity index (χ3n) is 5.86. The third-order valence-corrected chi connectivity index (χ3v) is 5.86. The van der Waals surface area contributed by atoms with Gasteiger partial charge in [0.2, 0.25) is 0 Å². The zero-order valence-corrected chi connectivity index (χ0v) is 12.7. The molecule has 112 valence electrons. The van der Waals surface area contributed by atoms with Crippen molar-refractivity contribution in [1.82, 2.24) is 10.2 Å². The molecule has 1 saturated heterocycles.